The van der Waals surface area contributed by atoms with Crippen LogP contribution in [0.3, 0.4) is 0 Å². The fraction of sp³-hybridized carbons (Fsp3) is 0. The highest BCUT2D eigenvalue weighted by molar-refractivity contribution is 7.27. The monoisotopic (exact) mass is 775 g/mol. The van der Waals surface area contributed by atoms with Crippen molar-refractivity contribution in [3.05, 3.63) is 176 Å². The van der Waals surface area contributed by atoms with Crippen molar-refractivity contribution in [2.75, 3.05) is 0 Å². The minimum absolute atomic E-state index is 0.698. The van der Waals surface area contributed by atoms with E-state index in [4.69, 9.17) is 14.4 Å². The van der Waals surface area contributed by atoms with Gasteiger partial charge in [0.2, 0.25) is 0 Å². The Kier molecular flexibility index (Phi) is 6.73. The van der Waals surface area contributed by atoms with Gasteiger partial charge < -0.3 is 8.98 Å². The summed E-state index contributed by atoms with van der Waals surface area (Å²) >= 11 is 3.73. The SMILES string of the molecule is c1ccc(-n2c3ccccc3c3c4sc5c(-c6ccc7oc8c(-c9cccc(-c%10cccc%11c%10sc%10ccccc%10%11)c9)ncnc8c7c6)cccc5c4ccc32)cc1. The van der Waals surface area contributed by atoms with E-state index in [0.29, 0.717) is 5.58 Å². The summed E-state index contributed by atoms with van der Waals surface area (Å²) in [5.74, 6) is 0. The van der Waals surface area contributed by atoms with Crippen LogP contribution in [0, 0.1) is 0 Å². The topological polar surface area (TPSA) is 43.9 Å². The van der Waals surface area contributed by atoms with Gasteiger partial charge in [0.1, 0.15) is 23.1 Å². The summed E-state index contributed by atoms with van der Waals surface area (Å²) in [5, 5.41) is 8.68. The van der Waals surface area contributed by atoms with Gasteiger partial charge in [-0.25, -0.2) is 9.97 Å². The quantitative estimate of drug-likeness (QED) is 0.179. The molecule has 0 saturated carbocycles. The highest BCUT2D eigenvalue weighted by Gasteiger charge is 2.21. The number of hydrogen-bond acceptors (Lipinski definition) is 5. The molecule has 0 atom stereocenters. The molecule has 0 spiro atoms. The lowest BCUT2D eigenvalue weighted by molar-refractivity contribution is 0.667. The van der Waals surface area contributed by atoms with E-state index >= 15 is 0 Å². The van der Waals surface area contributed by atoms with Crippen LogP contribution >= 0.6 is 22.7 Å². The molecule has 0 amide bonds. The largest absolute Gasteiger partial charge is 0.452 e. The predicted molar refractivity (Wildman–Crippen MR) is 246 cm³/mol. The highest BCUT2D eigenvalue weighted by Crippen LogP contribution is 2.47. The standard InChI is InChI=1S/C52H29N3OS2/c1-2-13-33(14-3-1)55-42-21-6-4-16-40(42)46-43(55)25-24-39-38-20-10-18-35(51(38)58-52(39)46)31-23-26-44-41(28-31)48-49(56-44)47(53-29-54-48)32-12-8-11-30(27-32)34-17-9-19-37-36-15-5-7-22-45(36)57-50(34)37/h1-29H. The summed E-state index contributed by atoms with van der Waals surface area (Å²) in [4.78, 5) is 9.64. The van der Waals surface area contributed by atoms with Crippen molar-refractivity contribution in [1.29, 1.82) is 0 Å². The average Bonchev–Trinajstić information content (AvgIpc) is 4.05. The van der Waals surface area contributed by atoms with Crippen molar-refractivity contribution in [3.8, 4) is 39.2 Å². The van der Waals surface area contributed by atoms with E-state index in [1.165, 1.54) is 79.0 Å². The summed E-state index contributed by atoms with van der Waals surface area (Å²) in [6.07, 6.45) is 1.67. The van der Waals surface area contributed by atoms with Gasteiger partial charge in [-0.3, -0.25) is 0 Å². The summed E-state index contributed by atoms with van der Waals surface area (Å²) in [6.45, 7) is 0. The van der Waals surface area contributed by atoms with Crippen LogP contribution in [0.25, 0.3) is 123 Å². The number of nitrogens with zero attached hydrogens (tertiary/aromatic N) is 3. The Labute approximate surface area is 339 Å². The number of furan rings is 1. The molecule has 0 radical (unpaired) electrons. The number of para-hydroxylation sites is 2. The maximum Gasteiger partial charge on any atom is 0.180 e. The molecular weight excluding hydrogens is 747 g/mol. The molecule has 0 aliphatic rings. The van der Waals surface area contributed by atoms with E-state index in [1.54, 1.807) is 6.33 Å². The molecular formula is C52H29N3OS2. The zero-order valence-electron chi connectivity index (χ0n) is 30.8. The van der Waals surface area contributed by atoms with E-state index in [9.17, 15) is 0 Å². The lowest BCUT2D eigenvalue weighted by atomic mass is 9.99. The number of thiophene rings is 2. The first-order valence-electron chi connectivity index (χ1n) is 19.4. The third-order valence-corrected chi connectivity index (χ3v) is 14.2. The van der Waals surface area contributed by atoms with Crippen LogP contribution in [-0.4, -0.2) is 14.5 Å². The fourth-order valence-corrected chi connectivity index (χ4v) is 11.8. The lowest BCUT2D eigenvalue weighted by Gasteiger charge is -2.07. The molecule has 6 heteroatoms. The third kappa shape index (κ3) is 4.55. The van der Waals surface area contributed by atoms with Crippen LogP contribution in [-0.2, 0) is 0 Å². The van der Waals surface area contributed by atoms with Gasteiger partial charge in [-0.2, -0.15) is 0 Å². The van der Waals surface area contributed by atoms with Crippen LogP contribution in [0.5, 0.6) is 0 Å². The Bertz CT molecular complexity index is 3810. The third-order valence-electron chi connectivity index (χ3n) is 11.7. The van der Waals surface area contributed by atoms with Crippen molar-refractivity contribution in [1.82, 2.24) is 14.5 Å². The first-order valence-corrected chi connectivity index (χ1v) is 21.0. The first-order chi connectivity index (χ1) is 28.8. The van der Waals surface area contributed by atoms with Gasteiger partial charge in [-0.15, -0.1) is 22.7 Å². The Morgan fingerprint density at radius 3 is 2.02 bits per heavy atom. The van der Waals surface area contributed by atoms with Gasteiger partial charge >= 0.3 is 0 Å². The zero-order chi connectivity index (χ0) is 37.9. The van der Waals surface area contributed by atoms with Gasteiger partial charge in [-0.1, -0.05) is 121 Å². The summed E-state index contributed by atoms with van der Waals surface area (Å²) in [5.41, 5.74) is 12.4. The van der Waals surface area contributed by atoms with Gasteiger partial charge in [0.05, 0.1) is 11.0 Å². The smallest absolute Gasteiger partial charge is 0.180 e. The van der Waals surface area contributed by atoms with Crippen molar-refractivity contribution >= 4 is 107 Å². The number of rotatable bonds is 4. The van der Waals surface area contributed by atoms with Crippen molar-refractivity contribution in [2.24, 2.45) is 0 Å². The molecule has 4 nitrogen and oxygen atoms in total. The molecule has 0 unspecified atom stereocenters. The average molecular weight is 776 g/mol. The minimum atomic E-state index is 0.698. The molecule has 0 saturated heterocycles. The highest BCUT2D eigenvalue weighted by atomic mass is 32.1. The predicted octanol–water partition coefficient (Wildman–Crippen LogP) is 15.2. The second-order valence-electron chi connectivity index (χ2n) is 14.9. The Morgan fingerprint density at radius 1 is 0.448 bits per heavy atom. The second-order valence-corrected chi connectivity index (χ2v) is 17.0. The van der Waals surface area contributed by atoms with E-state index in [2.05, 4.69) is 174 Å². The second kappa shape index (κ2) is 12.2. The molecule has 270 valence electrons. The number of hydrogen-bond donors (Lipinski definition) is 0. The number of aromatic nitrogens is 3. The molecule has 0 N–H and O–H groups in total. The number of fused-ring (bicyclic) bond motifs is 13. The maximum atomic E-state index is 6.63. The minimum Gasteiger partial charge on any atom is -0.452 e. The van der Waals surface area contributed by atoms with Crippen molar-refractivity contribution < 1.29 is 4.42 Å². The van der Waals surface area contributed by atoms with Gasteiger partial charge in [0, 0.05) is 67.8 Å². The van der Waals surface area contributed by atoms with Gasteiger partial charge in [0.25, 0.3) is 0 Å². The lowest BCUT2D eigenvalue weighted by Crippen LogP contribution is -1.92. The molecule has 0 fully saturated rings. The Balaban J connectivity index is 0.956. The van der Waals surface area contributed by atoms with Crippen LogP contribution in [0.15, 0.2) is 181 Å². The molecule has 5 aromatic heterocycles. The summed E-state index contributed by atoms with van der Waals surface area (Å²) in [7, 11) is 0. The molecule has 5 heterocycles. The van der Waals surface area contributed by atoms with E-state index in [0.717, 1.165) is 38.9 Å². The van der Waals surface area contributed by atoms with Crippen molar-refractivity contribution in [3.63, 3.8) is 0 Å². The Morgan fingerprint density at radius 2 is 1.14 bits per heavy atom. The van der Waals surface area contributed by atoms with E-state index < -0.39 is 0 Å². The molecule has 0 bridgehead atoms. The van der Waals surface area contributed by atoms with E-state index in [-0.39, 0.29) is 0 Å². The molecule has 13 rings (SSSR count). The molecule has 13 aromatic rings. The van der Waals surface area contributed by atoms with Gasteiger partial charge in [0.15, 0.2) is 5.58 Å². The fourth-order valence-electron chi connectivity index (χ4n) is 9.15. The zero-order valence-corrected chi connectivity index (χ0v) is 32.4. The normalized spacial score (nSPS) is 12.1. The number of benzene rings is 8. The van der Waals surface area contributed by atoms with Gasteiger partial charge in [-0.05, 0) is 70.8 Å². The molecule has 8 aromatic carbocycles. The summed E-state index contributed by atoms with van der Waals surface area (Å²) in [6, 6.07) is 61.2. The van der Waals surface area contributed by atoms with E-state index in [1.807, 2.05) is 22.7 Å². The molecule has 58 heavy (non-hydrogen) atoms. The van der Waals surface area contributed by atoms with Crippen molar-refractivity contribution in [2.45, 2.75) is 0 Å². The first kappa shape index (κ1) is 32.0. The molecule has 0 aliphatic carbocycles. The Hall–Kier alpha value is -7.12. The maximum absolute atomic E-state index is 6.63. The summed E-state index contributed by atoms with van der Waals surface area (Å²) < 4.78 is 14.2. The molecule has 0 aliphatic heterocycles. The van der Waals surface area contributed by atoms with Crippen LogP contribution < -0.4 is 0 Å². The van der Waals surface area contributed by atoms with Crippen LogP contribution in [0.1, 0.15) is 0 Å². The van der Waals surface area contributed by atoms with Crippen LogP contribution in [0.4, 0.5) is 0 Å². The van der Waals surface area contributed by atoms with Crippen LogP contribution in [0.2, 0.25) is 0 Å².